The van der Waals surface area contributed by atoms with Crippen molar-refractivity contribution in [3.63, 3.8) is 0 Å². The van der Waals surface area contributed by atoms with Gasteiger partial charge in [-0.15, -0.1) is 24.8 Å². The number of nitrogens with one attached hydrogen (secondary N) is 1. The van der Waals surface area contributed by atoms with Crippen LogP contribution in [0.3, 0.4) is 0 Å². The number of amides is 1. The predicted octanol–water partition coefficient (Wildman–Crippen LogP) is 3.64. The van der Waals surface area contributed by atoms with Gasteiger partial charge in [0.15, 0.2) is 0 Å². The highest BCUT2D eigenvalue weighted by Crippen LogP contribution is 2.19. The molecule has 1 atom stereocenters. The van der Waals surface area contributed by atoms with Gasteiger partial charge >= 0.3 is 0 Å². The van der Waals surface area contributed by atoms with E-state index < -0.39 is 21.9 Å². The normalized spacial score (nSPS) is 11.8. The number of halogens is 3. The summed E-state index contributed by atoms with van der Waals surface area (Å²) < 4.78 is 39.7. The Bertz CT molecular complexity index is 1130. The molecule has 2 aromatic carbocycles. The highest BCUT2D eigenvalue weighted by molar-refractivity contribution is 7.89. The highest BCUT2D eigenvalue weighted by atomic mass is 35.5. The zero-order valence-electron chi connectivity index (χ0n) is 17.0. The SMILES string of the molecule is CN(CC(N)c1ccc(C(=O)Nc2ccncc2)cc1)S(=O)(=O)c1cccc(F)c1.Cl.Cl. The smallest absolute Gasteiger partial charge is 0.255 e. The van der Waals surface area contributed by atoms with E-state index in [0.717, 1.165) is 10.4 Å². The van der Waals surface area contributed by atoms with Crippen molar-refractivity contribution < 1.29 is 17.6 Å². The molecule has 1 heterocycles. The number of carbonyl (C=O) groups excluding carboxylic acids is 1. The molecule has 0 aliphatic heterocycles. The zero-order valence-corrected chi connectivity index (χ0v) is 19.5. The Morgan fingerprint density at radius 1 is 1.09 bits per heavy atom. The maximum Gasteiger partial charge on any atom is 0.255 e. The Morgan fingerprint density at radius 2 is 1.72 bits per heavy atom. The molecule has 1 unspecified atom stereocenters. The fraction of sp³-hybridized carbons (Fsp3) is 0.143. The first-order chi connectivity index (χ1) is 14.3. The van der Waals surface area contributed by atoms with E-state index in [1.54, 1.807) is 48.8 Å². The molecule has 1 aromatic heterocycles. The predicted molar refractivity (Wildman–Crippen MR) is 126 cm³/mol. The van der Waals surface area contributed by atoms with E-state index in [0.29, 0.717) is 16.8 Å². The Morgan fingerprint density at radius 3 is 2.31 bits per heavy atom. The zero-order chi connectivity index (χ0) is 21.7. The van der Waals surface area contributed by atoms with E-state index in [-0.39, 0.29) is 42.2 Å². The summed E-state index contributed by atoms with van der Waals surface area (Å²) in [6, 6.07) is 14.1. The molecule has 0 saturated carbocycles. The average molecular weight is 501 g/mol. The van der Waals surface area contributed by atoms with E-state index in [1.807, 2.05) is 0 Å². The van der Waals surface area contributed by atoms with Crippen LogP contribution in [-0.4, -0.2) is 37.2 Å². The van der Waals surface area contributed by atoms with Crippen LogP contribution in [0.5, 0.6) is 0 Å². The molecule has 0 bridgehead atoms. The first kappa shape index (κ1) is 27.5. The molecular weight excluding hydrogens is 478 g/mol. The number of hydrogen-bond donors (Lipinski definition) is 2. The second-order valence-electron chi connectivity index (χ2n) is 6.66. The number of aromatic nitrogens is 1. The summed E-state index contributed by atoms with van der Waals surface area (Å²) in [5, 5.41) is 2.75. The van der Waals surface area contributed by atoms with E-state index in [1.165, 1.54) is 25.2 Å². The minimum Gasteiger partial charge on any atom is -0.323 e. The van der Waals surface area contributed by atoms with Crippen LogP contribution < -0.4 is 11.1 Å². The maximum atomic E-state index is 13.4. The van der Waals surface area contributed by atoms with Crippen LogP contribution in [0.2, 0.25) is 0 Å². The van der Waals surface area contributed by atoms with Gasteiger partial charge in [0.05, 0.1) is 4.90 Å². The fourth-order valence-corrected chi connectivity index (χ4v) is 4.04. The lowest BCUT2D eigenvalue weighted by Crippen LogP contribution is -2.34. The van der Waals surface area contributed by atoms with Crippen LogP contribution in [0.15, 0.2) is 78.0 Å². The minimum atomic E-state index is -3.88. The lowest BCUT2D eigenvalue weighted by atomic mass is 10.1. The second kappa shape index (κ2) is 11.9. The molecule has 1 amide bonds. The standard InChI is InChI=1S/C21H21FN4O3S.2ClH/c1-26(30(28,29)19-4-2-3-17(22)13-19)14-20(23)15-5-7-16(8-6-15)21(27)25-18-9-11-24-12-10-18;;/h2-13,20H,14,23H2,1H3,(H,24,25,27);2*1H. The molecule has 172 valence electrons. The molecule has 0 aliphatic rings. The van der Waals surface area contributed by atoms with Gasteiger partial charge < -0.3 is 11.1 Å². The van der Waals surface area contributed by atoms with Crippen molar-refractivity contribution in [2.75, 3.05) is 18.9 Å². The number of nitrogens with zero attached hydrogens (tertiary/aromatic N) is 2. The molecule has 0 fully saturated rings. The summed E-state index contributed by atoms with van der Waals surface area (Å²) in [6.45, 7) is -0.0125. The molecule has 3 aromatic rings. The summed E-state index contributed by atoms with van der Waals surface area (Å²) in [5.74, 6) is -0.915. The van der Waals surface area contributed by atoms with Crippen molar-refractivity contribution in [2.45, 2.75) is 10.9 Å². The lowest BCUT2D eigenvalue weighted by Gasteiger charge is -2.21. The number of hydrogen-bond acceptors (Lipinski definition) is 5. The molecule has 7 nitrogen and oxygen atoms in total. The number of carbonyl (C=O) groups is 1. The Kier molecular flexibility index (Phi) is 10.2. The molecule has 3 rings (SSSR count). The quantitative estimate of drug-likeness (QED) is 0.515. The van der Waals surface area contributed by atoms with Crippen molar-refractivity contribution in [3.05, 3.63) is 90.0 Å². The number of nitrogens with two attached hydrogens (primary N) is 1. The van der Waals surface area contributed by atoms with Gasteiger partial charge in [-0.05, 0) is 48.0 Å². The monoisotopic (exact) mass is 500 g/mol. The Labute approximate surface area is 198 Å². The molecule has 0 radical (unpaired) electrons. The van der Waals surface area contributed by atoms with E-state index >= 15 is 0 Å². The van der Waals surface area contributed by atoms with Gasteiger partial charge in [-0.1, -0.05) is 18.2 Å². The summed E-state index contributed by atoms with van der Waals surface area (Å²) in [5.41, 5.74) is 7.89. The molecule has 0 saturated heterocycles. The summed E-state index contributed by atoms with van der Waals surface area (Å²) in [7, 11) is -2.49. The number of likely N-dealkylation sites (N-methyl/N-ethyl adjacent to an activating group) is 1. The first-order valence-corrected chi connectivity index (χ1v) is 10.5. The maximum absolute atomic E-state index is 13.4. The molecule has 3 N–H and O–H groups in total. The number of sulfonamides is 1. The minimum absolute atomic E-state index is 0. The lowest BCUT2D eigenvalue weighted by molar-refractivity contribution is 0.102. The number of rotatable bonds is 7. The number of benzene rings is 2. The molecule has 0 spiro atoms. The van der Waals surface area contributed by atoms with Crippen LogP contribution >= 0.6 is 24.8 Å². The average Bonchev–Trinajstić information content (AvgIpc) is 2.74. The van der Waals surface area contributed by atoms with Gasteiger partial charge in [0.1, 0.15) is 5.82 Å². The van der Waals surface area contributed by atoms with Gasteiger partial charge in [0.25, 0.3) is 5.91 Å². The van der Waals surface area contributed by atoms with Crippen LogP contribution in [-0.2, 0) is 10.0 Å². The summed E-state index contributed by atoms with van der Waals surface area (Å²) >= 11 is 0. The van der Waals surface area contributed by atoms with Crippen molar-refractivity contribution in [1.82, 2.24) is 9.29 Å². The largest absolute Gasteiger partial charge is 0.323 e. The third-order valence-corrected chi connectivity index (χ3v) is 6.32. The van der Waals surface area contributed by atoms with Crippen molar-refractivity contribution in [1.29, 1.82) is 0 Å². The fourth-order valence-electron chi connectivity index (χ4n) is 2.81. The molecule has 32 heavy (non-hydrogen) atoms. The number of anilines is 1. The van der Waals surface area contributed by atoms with Crippen LogP contribution in [0, 0.1) is 5.82 Å². The third-order valence-electron chi connectivity index (χ3n) is 4.50. The number of pyridine rings is 1. The van der Waals surface area contributed by atoms with E-state index in [4.69, 9.17) is 5.73 Å². The Hall–Kier alpha value is -2.56. The van der Waals surface area contributed by atoms with E-state index in [2.05, 4.69) is 10.3 Å². The summed E-state index contributed by atoms with van der Waals surface area (Å²) in [6.07, 6.45) is 3.15. The summed E-state index contributed by atoms with van der Waals surface area (Å²) in [4.78, 5) is 16.1. The van der Waals surface area contributed by atoms with E-state index in [9.17, 15) is 17.6 Å². The third kappa shape index (κ3) is 6.72. The van der Waals surface area contributed by atoms with Crippen LogP contribution in [0.4, 0.5) is 10.1 Å². The van der Waals surface area contributed by atoms with Gasteiger partial charge in [0, 0.05) is 43.3 Å². The molecular formula is C21H23Cl2FN4O3S. The molecule has 0 aliphatic carbocycles. The second-order valence-corrected chi connectivity index (χ2v) is 8.71. The van der Waals surface area contributed by atoms with Gasteiger partial charge in [0.2, 0.25) is 10.0 Å². The van der Waals surface area contributed by atoms with Gasteiger partial charge in [-0.25, -0.2) is 12.8 Å². The molecule has 11 heteroatoms. The highest BCUT2D eigenvalue weighted by Gasteiger charge is 2.23. The van der Waals surface area contributed by atoms with Gasteiger partial charge in [-0.2, -0.15) is 4.31 Å². The Balaban J connectivity index is 0.00000256. The van der Waals surface area contributed by atoms with Crippen LogP contribution in [0.25, 0.3) is 0 Å². The van der Waals surface area contributed by atoms with Gasteiger partial charge in [-0.3, -0.25) is 9.78 Å². The van der Waals surface area contributed by atoms with Crippen molar-refractivity contribution in [2.24, 2.45) is 5.73 Å². The van der Waals surface area contributed by atoms with Crippen molar-refractivity contribution in [3.8, 4) is 0 Å². The first-order valence-electron chi connectivity index (χ1n) is 9.06. The van der Waals surface area contributed by atoms with Crippen LogP contribution in [0.1, 0.15) is 22.0 Å². The van der Waals surface area contributed by atoms with Crippen molar-refractivity contribution >= 4 is 46.4 Å². The topological polar surface area (TPSA) is 105 Å².